The highest BCUT2D eigenvalue weighted by atomic mass is 79.9. The second-order valence-electron chi connectivity index (χ2n) is 4.32. The zero-order valence-electron chi connectivity index (χ0n) is 11.4. The Labute approximate surface area is 130 Å². The van der Waals surface area contributed by atoms with Crippen molar-refractivity contribution in [2.24, 2.45) is 0 Å². The molecule has 0 radical (unpaired) electrons. The Morgan fingerprint density at radius 3 is 2.38 bits per heavy atom. The maximum Gasteiger partial charge on any atom is 0.270 e. The van der Waals surface area contributed by atoms with Gasteiger partial charge in [0.1, 0.15) is 5.69 Å². The lowest BCUT2D eigenvalue weighted by atomic mass is 10.1. The Kier molecular flexibility index (Phi) is 5.05. The van der Waals surface area contributed by atoms with Crippen LogP contribution in [-0.2, 0) is 6.54 Å². The minimum absolute atomic E-state index is 0.135. The summed E-state index contributed by atoms with van der Waals surface area (Å²) >= 11 is 3.27. The molecule has 1 heterocycles. The zero-order valence-corrected chi connectivity index (χ0v) is 13.0. The van der Waals surface area contributed by atoms with Gasteiger partial charge in [-0.1, -0.05) is 12.1 Å². The largest absolute Gasteiger partial charge is 0.355 e. The number of hydrogen-bond acceptors (Lipinski definition) is 3. The molecule has 2 rings (SSSR count). The molecule has 0 saturated heterocycles. The van der Waals surface area contributed by atoms with Gasteiger partial charge in [-0.25, -0.2) is 4.98 Å². The van der Waals surface area contributed by atoms with Crippen molar-refractivity contribution in [1.82, 2.24) is 15.6 Å². The molecule has 2 aromatic rings. The predicted octanol–water partition coefficient (Wildman–Crippen LogP) is 2.13. The number of benzene rings is 1. The summed E-state index contributed by atoms with van der Waals surface area (Å²) in [4.78, 5) is 27.3. The third-order valence-corrected chi connectivity index (χ3v) is 3.33. The number of halogens is 1. The Hall–Kier alpha value is -2.21. The summed E-state index contributed by atoms with van der Waals surface area (Å²) in [6.45, 7) is 0.380. The summed E-state index contributed by atoms with van der Waals surface area (Å²) in [6, 6.07) is 10.5. The van der Waals surface area contributed by atoms with Gasteiger partial charge >= 0.3 is 0 Å². The second kappa shape index (κ2) is 6.99. The van der Waals surface area contributed by atoms with E-state index in [0.29, 0.717) is 17.8 Å². The predicted molar refractivity (Wildman–Crippen MR) is 82.9 cm³/mol. The van der Waals surface area contributed by atoms with Crippen molar-refractivity contribution in [2.75, 3.05) is 7.05 Å². The topological polar surface area (TPSA) is 71.1 Å². The van der Waals surface area contributed by atoms with E-state index in [1.807, 2.05) is 0 Å². The Bertz CT molecular complexity index is 639. The van der Waals surface area contributed by atoms with Gasteiger partial charge in [-0.05, 0) is 45.8 Å². The van der Waals surface area contributed by atoms with Crippen LogP contribution in [0.1, 0.15) is 26.4 Å². The number of nitrogens with one attached hydrogen (secondary N) is 2. The molecule has 0 unspecified atom stereocenters. The van der Waals surface area contributed by atoms with E-state index in [4.69, 9.17) is 0 Å². The quantitative estimate of drug-likeness (QED) is 0.889. The molecule has 6 heteroatoms. The number of aromatic nitrogens is 1. The van der Waals surface area contributed by atoms with Gasteiger partial charge in [-0.3, -0.25) is 9.59 Å². The maximum atomic E-state index is 11.9. The molecule has 0 fully saturated rings. The number of rotatable bonds is 4. The van der Waals surface area contributed by atoms with Crippen LogP contribution in [0.25, 0.3) is 0 Å². The molecule has 1 aromatic heterocycles. The fourth-order valence-electron chi connectivity index (χ4n) is 1.70. The average Bonchev–Trinajstić information content (AvgIpc) is 2.53. The fourth-order valence-corrected chi connectivity index (χ4v) is 1.94. The zero-order chi connectivity index (χ0) is 15.2. The number of nitrogens with zero attached hydrogens (tertiary/aromatic N) is 1. The minimum atomic E-state index is -0.238. The molecule has 2 amide bonds. The first-order valence-corrected chi connectivity index (χ1v) is 7.10. The Balaban J connectivity index is 1.95. The van der Waals surface area contributed by atoms with E-state index in [2.05, 4.69) is 31.5 Å². The van der Waals surface area contributed by atoms with Crippen LogP contribution >= 0.6 is 15.9 Å². The lowest BCUT2D eigenvalue weighted by Gasteiger charge is -2.06. The van der Waals surface area contributed by atoms with E-state index in [9.17, 15) is 9.59 Å². The molecule has 0 saturated carbocycles. The summed E-state index contributed by atoms with van der Waals surface area (Å²) < 4.78 is 0.823. The minimum Gasteiger partial charge on any atom is -0.355 e. The van der Waals surface area contributed by atoms with Crippen molar-refractivity contribution < 1.29 is 9.59 Å². The monoisotopic (exact) mass is 347 g/mol. The molecule has 108 valence electrons. The van der Waals surface area contributed by atoms with Crippen molar-refractivity contribution >= 4 is 27.7 Å². The summed E-state index contributed by atoms with van der Waals surface area (Å²) in [7, 11) is 1.59. The molecule has 0 spiro atoms. The van der Waals surface area contributed by atoms with Gasteiger partial charge in [0, 0.05) is 29.8 Å². The van der Waals surface area contributed by atoms with E-state index in [1.165, 1.54) is 0 Å². The number of carbonyl (C=O) groups is 2. The summed E-state index contributed by atoms with van der Waals surface area (Å²) in [5.41, 5.74) is 1.86. The van der Waals surface area contributed by atoms with E-state index < -0.39 is 0 Å². The van der Waals surface area contributed by atoms with E-state index >= 15 is 0 Å². The number of carbonyl (C=O) groups excluding carboxylic acids is 2. The number of hydrogen-bond donors (Lipinski definition) is 2. The van der Waals surface area contributed by atoms with Gasteiger partial charge in [-0.2, -0.15) is 0 Å². The Morgan fingerprint density at radius 2 is 1.81 bits per heavy atom. The molecule has 0 bridgehead atoms. The van der Waals surface area contributed by atoms with Crippen LogP contribution in [0.4, 0.5) is 0 Å². The SMILES string of the molecule is CNC(=O)c1ccc(CNC(=O)c2ccc(Br)cn2)cc1. The lowest BCUT2D eigenvalue weighted by molar-refractivity contribution is 0.0942. The van der Waals surface area contributed by atoms with Crippen LogP contribution < -0.4 is 10.6 Å². The molecule has 0 atom stereocenters. The molecular formula is C15H14BrN3O2. The van der Waals surface area contributed by atoms with Crippen LogP contribution in [0.2, 0.25) is 0 Å². The third-order valence-electron chi connectivity index (χ3n) is 2.86. The van der Waals surface area contributed by atoms with Crippen molar-refractivity contribution in [2.45, 2.75) is 6.54 Å². The van der Waals surface area contributed by atoms with Gasteiger partial charge in [0.2, 0.25) is 0 Å². The van der Waals surface area contributed by atoms with Crippen LogP contribution in [0, 0.1) is 0 Å². The molecule has 0 aliphatic heterocycles. The molecule has 2 N–H and O–H groups in total. The van der Waals surface area contributed by atoms with Crippen LogP contribution in [0.3, 0.4) is 0 Å². The lowest BCUT2D eigenvalue weighted by Crippen LogP contribution is -2.23. The van der Waals surface area contributed by atoms with Crippen molar-refractivity contribution in [1.29, 1.82) is 0 Å². The first kappa shape index (κ1) is 15.2. The van der Waals surface area contributed by atoms with Gasteiger partial charge in [0.15, 0.2) is 0 Å². The van der Waals surface area contributed by atoms with Crippen molar-refractivity contribution in [3.05, 3.63) is 63.9 Å². The first-order valence-electron chi connectivity index (χ1n) is 6.31. The molecule has 5 nitrogen and oxygen atoms in total. The molecular weight excluding hydrogens is 334 g/mol. The van der Waals surface area contributed by atoms with Crippen LogP contribution in [0.15, 0.2) is 47.1 Å². The van der Waals surface area contributed by atoms with Gasteiger partial charge < -0.3 is 10.6 Å². The highest BCUT2D eigenvalue weighted by Gasteiger charge is 2.07. The average molecular weight is 348 g/mol. The maximum absolute atomic E-state index is 11.9. The standard InChI is InChI=1S/C15H14BrN3O2/c1-17-14(20)11-4-2-10(3-5-11)8-19-15(21)13-7-6-12(16)9-18-13/h2-7,9H,8H2,1H3,(H,17,20)(H,19,21). The Morgan fingerprint density at radius 1 is 1.10 bits per heavy atom. The molecule has 1 aromatic carbocycles. The van der Waals surface area contributed by atoms with Crippen molar-refractivity contribution in [3.8, 4) is 0 Å². The fraction of sp³-hybridized carbons (Fsp3) is 0.133. The summed E-state index contributed by atoms with van der Waals surface area (Å²) in [6.07, 6.45) is 1.58. The normalized spacial score (nSPS) is 10.0. The summed E-state index contributed by atoms with van der Waals surface area (Å²) in [5.74, 6) is -0.373. The van der Waals surface area contributed by atoms with Gasteiger partial charge in [0.05, 0.1) is 0 Å². The van der Waals surface area contributed by atoms with Crippen molar-refractivity contribution in [3.63, 3.8) is 0 Å². The smallest absolute Gasteiger partial charge is 0.270 e. The highest BCUT2D eigenvalue weighted by molar-refractivity contribution is 9.10. The number of amides is 2. The van der Waals surface area contributed by atoms with Crippen LogP contribution in [-0.4, -0.2) is 23.8 Å². The second-order valence-corrected chi connectivity index (χ2v) is 5.24. The van der Waals surface area contributed by atoms with Crippen LogP contribution in [0.5, 0.6) is 0 Å². The first-order chi connectivity index (χ1) is 10.1. The number of pyridine rings is 1. The molecule has 0 aliphatic rings. The molecule has 0 aliphatic carbocycles. The highest BCUT2D eigenvalue weighted by Crippen LogP contribution is 2.08. The van der Waals surface area contributed by atoms with E-state index in [1.54, 1.807) is 49.6 Å². The molecule has 21 heavy (non-hydrogen) atoms. The van der Waals surface area contributed by atoms with E-state index in [-0.39, 0.29) is 11.8 Å². The third kappa shape index (κ3) is 4.13. The van der Waals surface area contributed by atoms with E-state index in [0.717, 1.165) is 10.0 Å². The van der Waals surface area contributed by atoms with Gasteiger partial charge in [-0.15, -0.1) is 0 Å². The summed E-state index contributed by atoms with van der Waals surface area (Å²) in [5, 5.41) is 5.34. The van der Waals surface area contributed by atoms with Gasteiger partial charge in [0.25, 0.3) is 11.8 Å².